The zero-order valence-electron chi connectivity index (χ0n) is 9.76. The van der Waals surface area contributed by atoms with Crippen LogP contribution in [-0.4, -0.2) is 51.3 Å². The first-order chi connectivity index (χ1) is 8.47. The maximum Gasteiger partial charge on any atom is 0.246 e. The van der Waals surface area contributed by atoms with Gasteiger partial charge in [-0.2, -0.15) is 5.10 Å². The predicted octanol–water partition coefficient (Wildman–Crippen LogP) is -1.97. The fourth-order valence-corrected chi connectivity index (χ4v) is 2.10. The van der Waals surface area contributed by atoms with Crippen molar-refractivity contribution in [3.63, 3.8) is 0 Å². The molecule has 0 spiro atoms. The van der Waals surface area contributed by atoms with Gasteiger partial charge in [-0.05, 0) is 0 Å². The second-order valence-corrected chi connectivity index (χ2v) is 5.05. The number of methoxy groups -OCH3 is 1. The van der Waals surface area contributed by atoms with Gasteiger partial charge in [0.1, 0.15) is 10.7 Å². The number of nitrogen functional groups attached to an aromatic ring is 1. The summed E-state index contributed by atoms with van der Waals surface area (Å²) >= 11 is 0. The van der Waals surface area contributed by atoms with E-state index in [-0.39, 0.29) is 17.3 Å². The summed E-state index contributed by atoms with van der Waals surface area (Å²) in [5.41, 5.74) is 5.38. The zero-order valence-corrected chi connectivity index (χ0v) is 10.6. The zero-order chi connectivity index (χ0) is 13.6. The molecule has 9 nitrogen and oxygen atoms in total. The van der Waals surface area contributed by atoms with E-state index in [0.717, 1.165) is 6.20 Å². The number of nitrogens with zero attached hydrogens (tertiary/aromatic N) is 1. The van der Waals surface area contributed by atoms with E-state index in [2.05, 4.69) is 20.2 Å². The Balaban J connectivity index is 2.48. The van der Waals surface area contributed by atoms with Crippen molar-refractivity contribution >= 4 is 21.7 Å². The van der Waals surface area contributed by atoms with Crippen LogP contribution >= 0.6 is 0 Å². The van der Waals surface area contributed by atoms with Crippen LogP contribution in [0.1, 0.15) is 0 Å². The number of carbonyl (C=O) groups is 1. The molecule has 102 valence electrons. The predicted molar refractivity (Wildman–Crippen MR) is 63.1 cm³/mol. The lowest BCUT2D eigenvalue weighted by Crippen LogP contribution is -2.38. The van der Waals surface area contributed by atoms with Crippen LogP contribution < -0.4 is 15.8 Å². The molecule has 0 fully saturated rings. The van der Waals surface area contributed by atoms with Crippen LogP contribution in [-0.2, 0) is 19.6 Å². The molecular formula is C8H15N5O4S. The van der Waals surface area contributed by atoms with Gasteiger partial charge in [0.2, 0.25) is 15.9 Å². The van der Waals surface area contributed by atoms with Gasteiger partial charge >= 0.3 is 0 Å². The number of H-pyrrole nitrogens is 1. The molecule has 0 atom stereocenters. The highest BCUT2D eigenvalue weighted by Crippen LogP contribution is 2.12. The highest BCUT2D eigenvalue weighted by molar-refractivity contribution is 7.89. The van der Waals surface area contributed by atoms with Crippen molar-refractivity contribution in [2.24, 2.45) is 0 Å². The summed E-state index contributed by atoms with van der Waals surface area (Å²) in [5.74, 6) is -0.542. The summed E-state index contributed by atoms with van der Waals surface area (Å²) in [5, 5.41) is 8.26. The van der Waals surface area contributed by atoms with E-state index < -0.39 is 15.9 Å². The average molecular weight is 277 g/mol. The molecule has 1 aromatic heterocycles. The van der Waals surface area contributed by atoms with E-state index in [1.807, 2.05) is 0 Å². The highest BCUT2D eigenvalue weighted by Gasteiger charge is 2.19. The third-order valence-corrected chi connectivity index (χ3v) is 3.40. The molecule has 0 unspecified atom stereocenters. The number of nitrogens with one attached hydrogen (secondary N) is 3. The molecule has 5 N–H and O–H groups in total. The van der Waals surface area contributed by atoms with E-state index in [9.17, 15) is 13.2 Å². The van der Waals surface area contributed by atoms with E-state index in [1.54, 1.807) is 0 Å². The Labute approximate surface area is 104 Å². The molecule has 10 heteroatoms. The normalized spacial score (nSPS) is 11.4. The molecule has 0 radical (unpaired) electrons. The minimum absolute atomic E-state index is 0.0812. The molecule has 1 amide bonds. The van der Waals surface area contributed by atoms with Gasteiger partial charge in [0.25, 0.3) is 0 Å². The van der Waals surface area contributed by atoms with Crippen molar-refractivity contribution in [2.75, 3.05) is 32.5 Å². The lowest BCUT2D eigenvalue weighted by atomic mass is 10.6. The van der Waals surface area contributed by atoms with Crippen LogP contribution in [0, 0.1) is 0 Å². The summed E-state index contributed by atoms with van der Waals surface area (Å²) in [4.78, 5) is 11.1. The van der Waals surface area contributed by atoms with Crippen LogP contribution in [0.15, 0.2) is 11.1 Å². The third kappa shape index (κ3) is 3.98. The molecule has 0 saturated heterocycles. The minimum atomic E-state index is -3.83. The molecule has 1 rings (SSSR count). The largest absolute Gasteiger partial charge is 0.383 e. The summed E-state index contributed by atoms with van der Waals surface area (Å²) < 4.78 is 30.2. The van der Waals surface area contributed by atoms with Crippen molar-refractivity contribution in [1.29, 1.82) is 0 Å². The smallest absolute Gasteiger partial charge is 0.246 e. The molecule has 0 bridgehead atoms. The lowest BCUT2D eigenvalue weighted by Gasteiger charge is -2.06. The highest BCUT2D eigenvalue weighted by atomic mass is 32.2. The number of rotatable bonds is 7. The van der Waals surface area contributed by atoms with Gasteiger partial charge in [0.15, 0.2) is 0 Å². The Morgan fingerprint density at radius 2 is 2.33 bits per heavy atom. The van der Waals surface area contributed by atoms with Crippen molar-refractivity contribution in [3.8, 4) is 0 Å². The number of amides is 1. The maximum atomic E-state index is 11.7. The van der Waals surface area contributed by atoms with Gasteiger partial charge in [-0.25, -0.2) is 13.1 Å². The molecular weight excluding hydrogens is 262 g/mol. The van der Waals surface area contributed by atoms with Crippen molar-refractivity contribution in [1.82, 2.24) is 20.2 Å². The number of aromatic nitrogens is 2. The Morgan fingerprint density at radius 1 is 1.61 bits per heavy atom. The van der Waals surface area contributed by atoms with Crippen LogP contribution in [0.4, 0.5) is 5.82 Å². The number of anilines is 1. The second-order valence-electron chi connectivity index (χ2n) is 3.32. The first-order valence-corrected chi connectivity index (χ1v) is 6.50. The third-order valence-electron chi connectivity index (χ3n) is 1.97. The fourth-order valence-electron chi connectivity index (χ4n) is 1.09. The SMILES string of the molecule is COCCNC(=O)CNS(=O)(=O)c1cn[nH]c1N. The number of carbonyl (C=O) groups excluding carboxylic acids is 1. The fraction of sp³-hybridized carbons (Fsp3) is 0.500. The Hall–Kier alpha value is -1.65. The molecule has 0 aliphatic carbocycles. The first-order valence-electron chi connectivity index (χ1n) is 5.01. The van der Waals surface area contributed by atoms with Gasteiger partial charge < -0.3 is 15.8 Å². The first kappa shape index (κ1) is 14.4. The summed E-state index contributed by atoms with van der Waals surface area (Å²) in [6, 6.07) is 0. The number of hydrogen-bond acceptors (Lipinski definition) is 6. The van der Waals surface area contributed by atoms with E-state index in [4.69, 9.17) is 10.5 Å². The number of nitrogens with two attached hydrogens (primary N) is 1. The van der Waals surface area contributed by atoms with Crippen molar-refractivity contribution in [2.45, 2.75) is 4.90 Å². The quantitative estimate of drug-likeness (QED) is 0.426. The van der Waals surface area contributed by atoms with Gasteiger partial charge in [-0.1, -0.05) is 0 Å². The monoisotopic (exact) mass is 277 g/mol. The maximum absolute atomic E-state index is 11.7. The Morgan fingerprint density at radius 3 is 2.89 bits per heavy atom. The molecule has 0 aliphatic heterocycles. The van der Waals surface area contributed by atoms with Gasteiger partial charge in [-0.15, -0.1) is 0 Å². The average Bonchev–Trinajstić information content (AvgIpc) is 2.74. The van der Waals surface area contributed by atoms with Gasteiger partial charge in [0, 0.05) is 13.7 Å². The van der Waals surface area contributed by atoms with Crippen molar-refractivity contribution in [3.05, 3.63) is 6.20 Å². The molecule has 18 heavy (non-hydrogen) atoms. The van der Waals surface area contributed by atoms with E-state index >= 15 is 0 Å². The summed E-state index contributed by atoms with van der Waals surface area (Å²) in [6.45, 7) is 0.286. The molecule has 0 aromatic carbocycles. The van der Waals surface area contributed by atoms with Crippen molar-refractivity contribution < 1.29 is 17.9 Å². The Kier molecular flexibility index (Phi) is 5.07. The van der Waals surface area contributed by atoms with Gasteiger partial charge in [-0.3, -0.25) is 9.89 Å². The number of sulfonamides is 1. The molecule has 1 heterocycles. The molecule has 0 saturated carbocycles. The van der Waals surface area contributed by atoms with Crippen LogP contribution in [0.5, 0.6) is 0 Å². The topological polar surface area (TPSA) is 139 Å². The van der Waals surface area contributed by atoms with E-state index in [1.165, 1.54) is 7.11 Å². The molecule has 1 aromatic rings. The van der Waals surface area contributed by atoms with Crippen LogP contribution in [0.25, 0.3) is 0 Å². The Bertz CT molecular complexity index is 497. The molecule has 0 aliphatic rings. The summed E-state index contributed by atoms with van der Waals surface area (Å²) in [7, 11) is -2.34. The minimum Gasteiger partial charge on any atom is -0.383 e. The number of aromatic amines is 1. The van der Waals surface area contributed by atoms with Crippen LogP contribution in [0.2, 0.25) is 0 Å². The standard InChI is InChI=1S/C8H15N5O4S/c1-17-3-2-10-7(14)5-12-18(15,16)6-4-11-13-8(6)9/h4,12H,2-3,5H2,1H3,(H,10,14)(H3,9,11,13). The van der Waals surface area contributed by atoms with Gasteiger partial charge in [0.05, 0.1) is 19.3 Å². The van der Waals surface area contributed by atoms with Crippen LogP contribution in [0.3, 0.4) is 0 Å². The number of ether oxygens (including phenoxy) is 1. The van der Waals surface area contributed by atoms with E-state index in [0.29, 0.717) is 13.2 Å². The number of hydrogen-bond donors (Lipinski definition) is 4. The second kappa shape index (κ2) is 6.33. The lowest BCUT2D eigenvalue weighted by molar-refractivity contribution is -0.120. The summed E-state index contributed by atoms with van der Waals surface area (Å²) in [6.07, 6.45) is 1.07.